The van der Waals surface area contributed by atoms with Gasteiger partial charge in [-0.05, 0) is 134 Å². The second-order valence-corrected chi connectivity index (χ2v) is 16.3. The van der Waals surface area contributed by atoms with Crippen LogP contribution in [0.2, 0.25) is 0 Å². The predicted molar refractivity (Wildman–Crippen MR) is 251 cm³/mol. The SMILES string of the molecule is c1ccc(-c2ccc(-c3ccc(N(c4ccccc4)c4cc5c(cc4-c4cccc6c4CCCC6)-c4ccccc4C5(c4ccccc4)c4ccccc4)cc3)cc2)cc1. The van der Waals surface area contributed by atoms with Gasteiger partial charge in [-0.1, -0.05) is 188 Å². The molecular weight excluding hydrogens is 723 g/mol. The predicted octanol–water partition coefficient (Wildman–Crippen LogP) is 15.4. The summed E-state index contributed by atoms with van der Waals surface area (Å²) in [7, 11) is 0. The Balaban J connectivity index is 1.16. The molecule has 1 nitrogen and oxygen atoms in total. The van der Waals surface area contributed by atoms with E-state index in [0.717, 1.165) is 24.2 Å². The third-order valence-corrected chi connectivity index (χ3v) is 13.0. The summed E-state index contributed by atoms with van der Waals surface area (Å²) in [6.45, 7) is 0. The highest BCUT2D eigenvalue weighted by atomic mass is 15.1. The molecule has 0 bridgehead atoms. The maximum atomic E-state index is 2.55. The molecule has 0 unspecified atom stereocenters. The molecule has 60 heavy (non-hydrogen) atoms. The molecule has 1 heteroatoms. The Morgan fingerprint density at radius 1 is 0.333 bits per heavy atom. The standard InChI is InChI=1S/C59H45N/c1-5-18-42(19-6-1)43-32-34-44(35-33-43)45-36-38-50(39-37-45)60(49-26-11-4-12-27-49)58-41-57-54(40-55(58)52-30-17-21-46-20-13-14-28-51(46)52)53-29-15-16-31-56(53)59(57,47-22-7-2-8-23-47)48-24-9-3-10-25-48/h1-12,15-19,21-27,29-41H,13-14,20,28H2. The molecule has 9 aromatic rings. The Bertz CT molecular complexity index is 2890. The van der Waals surface area contributed by atoms with Gasteiger partial charge in [0.05, 0.1) is 11.1 Å². The smallest absolute Gasteiger partial charge is 0.0714 e. The number of aryl methyl sites for hydroxylation is 1. The largest absolute Gasteiger partial charge is 0.310 e. The van der Waals surface area contributed by atoms with Crippen LogP contribution in [0, 0.1) is 0 Å². The van der Waals surface area contributed by atoms with Gasteiger partial charge in [0.2, 0.25) is 0 Å². The number of rotatable bonds is 8. The Morgan fingerprint density at radius 3 is 1.48 bits per heavy atom. The third-order valence-electron chi connectivity index (χ3n) is 13.0. The highest BCUT2D eigenvalue weighted by Crippen LogP contribution is 2.59. The van der Waals surface area contributed by atoms with Gasteiger partial charge in [-0.2, -0.15) is 0 Å². The minimum Gasteiger partial charge on any atom is -0.310 e. The van der Waals surface area contributed by atoms with Crippen LogP contribution < -0.4 is 4.90 Å². The van der Waals surface area contributed by atoms with E-state index in [9.17, 15) is 0 Å². The fourth-order valence-electron chi connectivity index (χ4n) is 10.2. The van der Waals surface area contributed by atoms with E-state index in [-0.39, 0.29) is 0 Å². The first-order valence-corrected chi connectivity index (χ1v) is 21.4. The Labute approximate surface area is 353 Å². The van der Waals surface area contributed by atoms with Gasteiger partial charge in [-0.15, -0.1) is 0 Å². The Kier molecular flexibility index (Phi) is 9.09. The number of hydrogen-bond acceptors (Lipinski definition) is 1. The molecule has 9 aromatic carbocycles. The summed E-state index contributed by atoms with van der Waals surface area (Å²) >= 11 is 0. The van der Waals surface area contributed by atoms with E-state index >= 15 is 0 Å². The van der Waals surface area contributed by atoms with E-state index in [1.54, 1.807) is 0 Å². The minimum atomic E-state index is -0.518. The summed E-state index contributed by atoms with van der Waals surface area (Å²) < 4.78 is 0. The highest BCUT2D eigenvalue weighted by Gasteiger charge is 2.47. The van der Waals surface area contributed by atoms with Gasteiger partial charge in [0.15, 0.2) is 0 Å². The van der Waals surface area contributed by atoms with E-state index < -0.39 is 5.41 Å². The quantitative estimate of drug-likeness (QED) is 0.149. The van der Waals surface area contributed by atoms with Gasteiger partial charge in [0, 0.05) is 16.9 Å². The Morgan fingerprint density at radius 2 is 0.833 bits per heavy atom. The third kappa shape index (κ3) is 6.00. The number of fused-ring (bicyclic) bond motifs is 4. The van der Waals surface area contributed by atoms with Gasteiger partial charge in [0.1, 0.15) is 0 Å². The topological polar surface area (TPSA) is 3.24 Å². The van der Waals surface area contributed by atoms with E-state index in [4.69, 9.17) is 0 Å². The van der Waals surface area contributed by atoms with Crippen LogP contribution in [0.5, 0.6) is 0 Å². The second-order valence-electron chi connectivity index (χ2n) is 16.3. The lowest BCUT2D eigenvalue weighted by atomic mass is 9.67. The van der Waals surface area contributed by atoms with Crippen molar-refractivity contribution in [3.63, 3.8) is 0 Å². The van der Waals surface area contributed by atoms with Gasteiger partial charge in [0.25, 0.3) is 0 Å². The van der Waals surface area contributed by atoms with Crippen molar-refractivity contribution in [2.24, 2.45) is 0 Å². The van der Waals surface area contributed by atoms with Crippen LogP contribution in [0.15, 0.2) is 224 Å². The molecule has 0 fully saturated rings. The second kappa shape index (κ2) is 15.2. The summed E-state index contributed by atoms with van der Waals surface area (Å²) in [6.07, 6.45) is 4.69. The van der Waals surface area contributed by atoms with Crippen molar-refractivity contribution in [3.05, 3.63) is 258 Å². The molecule has 0 aliphatic heterocycles. The molecule has 286 valence electrons. The number of nitrogens with zero attached hydrogens (tertiary/aromatic N) is 1. The number of anilines is 3. The molecule has 0 saturated carbocycles. The van der Waals surface area contributed by atoms with Gasteiger partial charge in [-0.3, -0.25) is 0 Å². The zero-order chi connectivity index (χ0) is 39.9. The molecule has 0 radical (unpaired) electrons. The lowest BCUT2D eigenvalue weighted by Crippen LogP contribution is -2.28. The van der Waals surface area contributed by atoms with Crippen molar-refractivity contribution in [2.75, 3.05) is 4.90 Å². The zero-order valence-corrected chi connectivity index (χ0v) is 33.6. The average molecular weight is 768 g/mol. The van der Waals surface area contributed by atoms with Gasteiger partial charge in [-0.25, -0.2) is 0 Å². The first-order chi connectivity index (χ1) is 29.8. The summed E-state index contributed by atoms with van der Waals surface area (Å²) in [5.74, 6) is 0. The average Bonchev–Trinajstić information content (AvgIpc) is 3.62. The normalized spacial score (nSPS) is 13.5. The van der Waals surface area contributed by atoms with Gasteiger partial charge < -0.3 is 4.90 Å². The number of hydrogen-bond donors (Lipinski definition) is 0. The van der Waals surface area contributed by atoms with Crippen LogP contribution in [0.1, 0.15) is 46.2 Å². The summed E-state index contributed by atoms with van der Waals surface area (Å²) in [5.41, 5.74) is 21.1. The minimum absolute atomic E-state index is 0.518. The van der Waals surface area contributed by atoms with Crippen LogP contribution in [0.25, 0.3) is 44.5 Å². The van der Waals surface area contributed by atoms with Crippen LogP contribution >= 0.6 is 0 Å². The van der Waals surface area contributed by atoms with E-state index in [1.807, 2.05) is 0 Å². The van der Waals surface area contributed by atoms with Crippen molar-refractivity contribution in [1.82, 2.24) is 0 Å². The lowest BCUT2D eigenvalue weighted by Gasteiger charge is -2.35. The lowest BCUT2D eigenvalue weighted by molar-refractivity contribution is 0.687. The molecule has 0 atom stereocenters. The fraction of sp³-hybridized carbons (Fsp3) is 0.0847. The van der Waals surface area contributed by atoms with Crippen molar-refractivity contribution in [3.8, 4) is 44.5 Å². The molecule has 0 saturated heterocycles. The molecule has 0 amide bonds. The van der Waals surface area contributed by atoms with Crippen LogP contribution in [-0.4, -0.2) is 0 Å². The molecule has 0 spiro atoms. The Hall–Kier alpha value is -7.22. The van der Waals surface area contributed by atoms with Crippen molar-refractivity contribution in [2.45, 2.75) is 31.1 Å². The molecule has 0 aromatic heterocycles. The maximum Gasteiger partial charge on any atom is 0.0714 e. The van der Waals surface area contributed by atoms with E-state index in [2.05, 4.69) is 229 Å². The molecule has 11 rings (SSSR count). The van der Waals surface area contributed by atoms with Crippen molar-refractivity contribution >= 4 is 17.1 Å². The first-order valence-electron chi connectivity index (χ1n) is 21.4. The molecule has 2 aliphatic carbocycles. The molecule has 0 N–H and O–H groups in total. The van der Waals surface area contributed by atoms with Crippen molar-refractivity contribution < 1.29 is 0 Å². The van der Waals surface area contributed by atoms with Crippen molar-refractivity contribution in [1.29, 1.82) is 0 Å². The van der Waals surface area contributed by atoms with Crippen LogP contribution in [0.3, 0.4) is 0 Å². The monoisotopic (exact) mass is 767 g/mol. The highest BCUT2D eigenvalue weighted by molar-refractivity contribution is 5.97. The summed E-state index contributed by atoms with van der Waals surface area (Å²) in [5, 5.41) is 0. The number of para-hydroxylation sites is 1. The fourth-order valence-corrected chi connectivity index (χ4v) is 10.2. The maximum absolute atomic E-state index is 2.55. The zero-order valence-electron chi connectivity index (χ0n) is 33.6. The molecule has 0 heterocycles. The number of benzene rings is 9. The van der Waals surface area contributed by atoms with Gasteiger partial charge >= 0.3 is 0 Å². The summed E-state index contributed by atoms with van der Waals surface area (Å²) in [4.78, 5) is 2.50. The first kappa shape index (κ1) is 35.9. The van der Waals surface area contributed by atoms with E-state index in [1.165, 1.54) is 96.4 Å². The van der Waals surface area contributed by atoms with Crippen LogP contribution in [-0.2, 0) is 18.3 Å². The van der Waals surface area contributed by atoms with E-state index in [0.29, 0.717) is 0 Å². The molecular formula is C59H45N. The summed E-state index contributed by atoms with van der Waals surface area (Å²) in [6, 6.07) is 83.3. The van der Waals surface area contributed by atoms with Crippen LogP contribution in [0.4, 0.5) is 17.1 Å². The molecule has 2 aliphatic rings.